The van der Waals surface area contributed by atoms with Gasteiger partial charge >= 0.3 is 6.09 Å². The lowest BCUT2D eigenvalue weighted by molar-refractivity contribution is 0.145. The van der Waals surface area contributed by atoms with Gasteiger partial charge in [-0.05, 0) is 57.3 Å². The fourth-order valence-electron chi connectivity index (χ4n) is 3.61. The van der Waals surface area contributed by atoms with Crippen LogP contribution in [0.3, 0.4) is 0 Å². The van der Waals surface area contributed by atoms with E-state index in [0.717, 1.165) is 36.7 Å². The van der Waals surface area contributed by atoms with Crippen LogP contribution in [0.15, 0.2) is 34.2 Å². The number of anilines is 1. The molecule has 1 aromatic carbocycles. The summed E-state index contributed by atoms with van der Waals surface area (Å²) in [5.41, 5.74) is 0.0561. The highest BCUT2D eigenvalue weighted by molar-refractivity contribution is 5.89. The number of hydrogen-bond donors (Lipinski definition) is 1. The molecule has 1 N–H and O–H groups in total. The molecule has 150 valence electrons. The molecule has 0 bridgehead atoms. The zero-order valence-corrected chi connectivity index (χ0v) is 16.9. The van der Waals surface area contributed by atoms with E-state index in [0.29, 0.717) is 12.4 Å². The number of aromatic nitrogens is 2. The van der Waals surface area contributed by atoms with Crippen molar-refractivity contribution in [2.75, 3.05) is 18.0 Å². The fourth-order valence-corrected chi connectivity index (χ4v) is 3.61. The van der Waals surface area contributed by atoms with Crippen LogP contribution < -0.4 is 21.3 Å². The maximum atomic E-state index is 12.9. The Morgan fingerprint density at radius 2 is 2.07 bits per heavy atom. The Labute approximate surface area is 163 Å². The highest BCUT2D eigenvalue weighted by Gasteiger charge is 2.31. The molecule has 0 aliphatic carbocycles. The van der Waals surface area contributed by atoms with Gasteiger partial charge in [0, 0.05) is 31.1 Å². The molecule has 1 aliphatic rings. The van der Waals surface area contributed by atoms with Crippen molar-refractivity contribution >= 4 is 22.8 Å². The average Bonchev–Trinajstić information content (AvgIpc) is 2.77. The maximum absolute atomic E-state index is 12.9. The average molecular weight is 385 g/mol. The van der Waals surface area contributed by atoms with Crippen LogP contribution in [0.25, 0.3) is 10.9 Å². The zero-order chi connectivity index (χ0) is 20.3. The number of carbonyl (C=O) groups is 1. The van der Waals surface area contributed by atoms with Gasteiger partial charge in [0.1, 0.15) is 5.82 Å². The summed E-state index contributed by atoms with van der Waals surface area (Å²) in [4.78, 5) is 36.2. The minimum Gasteiger partial charge on any atom is -0.351 e. The van der Waals surface area contributed by atoms with Gasteiger partial charge in [-0.25, -0.2) is 9.78 Å². The standard InChI is InChI=1S/C20H27N5O3/c1-5-21-19(27)28-23-16-18(26)24(4)15-11-7-6-10-14(15)17(22-16)25-13-9-8-12-20(25,2)3/h6-7,10-11H,5,8-9,12-13H2,1-4H3,(H,21,27). The van der Waals surface area contributed by atoms with Crippen molar-refractivity contribution in [2.45, 2.75) is 45.6 Å². The molecule has 1 fully saturated rings. The molecule has 0 saturated carbocycles. The number of rotatable bonds is 3. The molecular weight excluding hydrogens is 358 g/mol. The summed E-state index contributed by atoms with van der Waals surface area (Å²) in [7, 11) is 1.67. The van der Waals surface area contributed by atoms with Crippen molar-refractivity contribution in [2.24, 2.45) is 12.2 Å². The molecule has 0 atom stereocenters. The van der Waals surface area contributed by atoms with E-state index in [4.69, 9.17) is 4.84 Å². The van der Waals surface area contributed by atoms with E-state index in [2.05, 4.69) is 34.2 Å². The summed E-state index contributed by atoms with van der Waals surface area (Å²) in [6.07, 6.45) is 2.51. The third-order valence-electron chi connectivity index (χ3n) is 5.16. The number of nitrogens with zero attached hydrogens (tertiary/aromatic N) is 4. The van der Waals surface area contributed by atoms with Gasteiger partial charge in [0.25, 0.3) is 11.0 Å². The fraction of sp³-hybridized carbons (Fsp3) is 0.500. The van der Waals surface area contributed by atoms with E-state index in [-0.39, 0.29) is 11.0 Å². The van der Waals surface area contributed by atoms with Gasteiger partial charge in [0.2, 0.25) is 0 Å². The second kappa shape index (κ2) is 8.00. The first-order chi connectivity index (χ1) is 13.3. The number of carbonyl (C=O) groups excluding carboxylic acids is 1. The third-order valence-corrected chi connectivity index (χ3v) is 5.16. The van der Waals surface area contributed by atoms with Gasteiger partial charge in [-0.15, -0.1) is 0 Å². The lowest BCUT2D eigenvalue weighted by Crippen LogP contribution is -2.48. The second-order valence-corrected chi connectivity index (χ2v) is 7.56. The molecule has 0 unspecified atom stereocenters. The van der Waals surface area contributed by atoms with E-state index < -0.39 is 11.7 Å². The minimum absolute atomic E-state index is 0.109. The Morgan fingerprint density at radius 1 is 1.32 bits per heavy atom. The number of amides is 1. The Bertz CT molecular complexity index is 1010. The largest absolute Gasteiger partial charge is 0.433 e. The summed E-state index contributed by atoms with van der Waals surface area (Å²) >= 11 is 0. The molecule has 28 heavy (non-hydrogen) atoms. The summed E-state index contributed by atoms with van der Waals surface area (Å²) in [5, 5.41) is 7.11. The number of nitrogens with one attached hydrogen (secondary N) is 1. The molecule has 0 spiro atoms. The predicted octanol–water partition coefficient (Wildman–Crippen LogP) is 2.26. The molecule has 2 heterocycles. The van der Waals surface area contributed by atoms with Crippen molar-refractivity contribution in [3.63, 3.8) is 0 Å². The molecule has 8 heteroatoms. The van der Waals surface area contributed by atoms with Crippen LogP contribution in [-0.2, 0) is 11.9 Å². The quantitative estimate of drug-likeness (QED) is 0.647. The topological polar surface area (TPSA) is 88.8 Å². The Morgan fingerprint density at radius 3 is 2.79 bits per heavy atom. The van der Waals surface area contributed by atoms with Crippen molar-refractivity contribution in [3.05, 3.63) is 40.1 Å². The number of para-hydroxylation sites is 1. The Kier molecular flexibility index (Phi) is 5.67. The minimum atomic E-state index is -0.720. The lowest BCUT2D eigenvalue weighted by Gasteiger charge is -2.43. The molecule has 1 aromatic heterocycles. The van der Waals surface area contributed by atoms with Crippen molar-refractivity contribution in [1.82, 2.24) is 14.9 Å². The van der Waals surface area contributed by atoms with Crippen LogP contribution in [-0.4, -0.2) is 34.3 Å². The van der Waals surface area contributed by atoms with Crippen molar-refractivity contribution < 1.29 is 9.63 Å². The van der Waals surface area contributed by atoms with Crippen molar-refractivity contribution in [1.29, 1.82) is 0 Å². The summed E-state index contributed by atoms with van der Waals surface area (Å²) < 4.78 is 1.49. The summed E-state index contributed by atoms with van der Waals surface area (Å²) in [6.45, 7) is 7.36. The normalized spacial score (nSPS) is 16.9. The first-order valence-corrected chi connectivity index (χ1v) is 9.62. The van der Waals surface area contributed by atoms with Gasteiger partial charge in [-0.3, -0.25) is 9.63 Å². The van der Waals surface area contributed by atoms with E-state index in [1.807, 2.05) is 24.3 Å². The monoisotopic (exact) mass is 385 g/mol. The van der Waals surface area contributed by atoms with E-state index in [9.17, 15) is 9.59 Å². The first kappa shape index (κ1) is 19.9. The van der Waals surface area contributed by atoms with Crippen LogP contribution in [0.5, 0.6) is 0 Å². The predicted molar refractivity (Wildman–Crippen MR) is 108 cm³/mol. The number of hydrogen-bond acceptors (Lipinski definition) is 6. The number of piperidine rings is 1. The highest BCUT2D eigenvalue weighted by Crippen LogP contribution is 2.34. The maximum Gasteiger partial charge on any atom is 0.433 e. The third kappa shape index (κ3) is 3.85. The van der Waals surface area contributed by atoms with Gasteiger partial charge in [0.05, 0.1) is 5.52 Å². The number of benzene rings is 1. The molecule has 3 rings (SSSR count). The summed E-state index contributed by atoms with van der Waals surface area (Å²) in [5.74, 6) is 0.677. The van der Waals surface area contributed by atoms with Crippen molar-refractivity contribution in [3.8, 4) is 0 Å². The first-order valence-electron chi connectivity index (χ1n) is 9.62. The molecule has 2 aromatic rings. The summed E-state index contributed by atoms with van der Waals surface area (Å²) in [6, 6.07) is 7.65. The molecular formula is C20H27N5O3. The van der Waals surface area contributed by atoms with Gasteiger partial charge in [-0.2, -0.15) is 0 Å². The zero-order valence-electron chi connectivity index (χ0n) is 16.9. The van der Waals surface area contributed by atoms with E-state index >= 15 is 0 Å². The Hall–Kier alpha value is -2.90. The lowest BCUT2D eigenvalue weighted by atomic mass is 9.90. The molecule has 1 saturated heterocycles. The van der Waals surface area contributed by atoms with Gasteiger partial charge in [-0.1, -0.05) is 12.1 Å². The molecule has 8 nitrogen and oxygen atoms in total. The smallest absolute Gasteiger partial charge is 0.351 e. The van der Waals surface area contributed by atoms with Crippen LogP contribution in [0, 0.1) is 0 Å². The molecule has 1 amide bonds. The van der Waals surface area contributed by atoms with Gasteiger partial charge < -0.3 is 14.8 Å². The number of fused-ring (bicyclic) bond motifs is 1. The second-order valence-electron chi connectivity index (χ2n) is 7.56. The van der Waals surface area contributed by atoms with Crippen LogP contribution in [0.2, 0.25) is 0 Å². The van der Waals surface area contributed by atoms with E-state index in [1.54, 1.807) is 14.0 Å². The molecule has 0 radical (unpaired) electrons. The van der Waals surface area contributed by atoms with Gasteiger partial charge in [0.15, 0.2) is 0 Å². The van der Waals surface area contributed by atoms with Crippen LogP contribution >= 0.6 is 0 Å². The van der Waals surface area contributed by atoms with Crippen LogP contribution in [0.4, 0.5) is 10.6 Å². The SMILES string of the molecule is CCNC(=O)ON=c1nc(N2CCCCC2(C)C)c2ccccc2n(C)c1=O. The van der Waals surface area contributed by atoms with E-state index in [1.165, 1.54) is 4.57 Å². The highest BCUT2D eigenvalue weighted by atomic mass is 16.7. The Balaban J connectivity index is 2.29. The molecule has 1 aliphatic heterocycles. The number of aryl methyl sites for hydroxylation is 1. The van der Waals surface area contributed by atoms with Crippen LogP contribution in [0.1, 0.15) is 40.0 Å².